The van der Waals surface area contributed by atoms with Crippen molar-refractivity contribution >= 4 is 22.8 Å². The topological polar surface area (TPSA) is 54.4 Å². The van der Waals surface area contributed by atoms with Crippen molar-refractivity contribution in [2.75, 3.05) is 0 Å². The van der Waals surface area contributed by atoms with Crippen LogP contribution in [0.5, 0.6) is 0 Å². The molecule has 1 N–H and O–H groups in total. The number of benzene rings is 1. The molecule has 0 aliphatic carbocycles. The van der Waals surface area contributed by atoms with Crippen molar-refractivity contribution in [3.8, 4) is 0 Å². The monoisotopic (exact) mass is 196 g/mol. The molecule has 0 aliphatic rings. The van der Waals surface area contributed by atoms with Crippen molar-refractivity contribution in [3.05, 3.63) is 29.8 Å². The molecule has 0 amide bonds. The lowest BCUT2D eigenvalue weighted by Crippen LogP contribution is -1.98. The van der Waals surface area contributed by atoms with Gasteiger partial charge in [-0.2, -0.15) is 0 Å². The molecule has 13 heavy (non-hydrogen) atoms. The van der Waals surface area contributed by atoms with Gasteiger partial charge in [-0.05, 0) is 12.1 Å². The van der Waals surface area contributed by atoms with Crippen LogP contribution in [0.2, 0.25) is 0 Å². The van der Waals surface area contributed by atoms with E-state index in [1.165, 1.54) is 13.0 Å². The summed E-state index contributed by atoms with van der Waals surface area (Å²) in [7, 11) is 0. The minimum Gasteiger partial charge on any atom is -0.478 e. The maximum Gasteiger partial charge on any atom is 0.336 e. The molecule has 0 spiro atoms. The third kappa shape index (κ3) is 2.59. The van der Waals surface area contributed by atoms with Gasteiger partial charge in [-0.3, -0.25) is 4.79 Å². The van der Waals surface area contributed by atoms with Crippen molar-refractivity contribution < 1.29 is 14.7 Å². The molecule has 1 aromatic carbocycles. The Balaban J connectivity index is 3.04. The highest BCUT2D eigenvalue weighted by atomic mass is 32.2. The van der Waals surface area contributed by atoms with Crippen LogP contribution < -0.4 is 0 Å². The van der Waals surface area contributed by atoms with Gasteiger partial charge < -0.3 is 5.11 Å². The van der Waals surface area contributed by atoms with Gasteiger partial charge in [0.25, 0.3) is 0 Å². The zero-order valence-electron chi connectivity index (χ0n) is 6.98. The SMILES string of the molecule is CC(=O)Sc1ccccc1C(=O)O. The van der Waals surface area contributed by atoms with Gasteiger partial charge in [-0.15, -0.1) is 0 Å². The third-order valence-corrected chi connectivity index (χ3v) is 2.23. The van der Waals surface area contributed by atoms with Crippen LogP contribution >= 0.6 is 11.8 Å². The molecule has 4 heteroatoms. The number of carbonyl (C=O) groups is 2. The normalized spacial score (nSPS) is 9.62. The highest BCUT2D eigenvalue weighted by Crippen LogP contribution is 2.22. The van der Waals surface area contributed by atoms with Gasteiger partial charge in [0.2, 0.25) is 0 Å². The molecule has 68 valence electrons. The molecule has 1 rings (SSSR count). The van der Waals surface area contributed by atoms with E-state index < -0.39 is 5.97 Å². The molecule has 0 atom stereocenters. The fourth-order valence-corrected chi connectivity index (χ4v) is 1.61. The van der Waals surface area contributed by atoms with Crippen molar-refractivity contribution in [2.45, 2.75) is 11.8 Å². The molecule has 0 saturated heterocycles. The predicted molar refractivity (Wildman–Crippen MR) is 49.9 cm³/mol. The van der Waals surface area contributed by atoms with Crippen molar-refractivity contribution in [1.29, 1.82) is 0 Å². The van der Waals surface area contributed by atoms with E-state index in [2.05, 4.69) is 0 Å². The lowest BCUT2D eigenvalue weighted by molar-refractivity contribution is -0.109. The Hall–Kier alpha value is -1.29. The Morgan fingerprint density at radius 3 is 2.46 bits per heavy atom. The van der Waals surface area contributed by atoms with Crippen molar-refractivity contribution in [2.24, 2.45) is 0 Å². The molecule has 0 bridgehead atoms. The number of carbonyl (C=O) groups excluding carboxylic acids is 1. The number of carboxylic acids is 1. The lowest BCUT2D eigenvalue weighted by atomic mass is 10.2. The first-order valence-corrected chi connectivity index (χ1v) is 4.43. The Bertz CT molecular complexity index is 346. The van der Waals surface area contributed by atoms with Crippen LogP contribution in [0.3, 0.4) is 0 Å². The summed E-state index contributed by atoms with van der Waals surface area (Å²) in [5.74, 6) is -1.01. The number of carboxylic acid groups (broad SMARTS) is 1. The Kier molecular flexibility index (Phi) is 3.08. The maximum absolute atomic E-state index is 10.8. The summed E-state index contributed by atoms with van der Waals surface area (Å²) >= 11 is 0.934. The fourth-order valence-electron chi connectivity index (χ4n) is 0.887. The molecule has 0 heterocycles. The van der Waals surface area contributed by atoms with E-state index in [9.17, 15) is 9.59 Å². The zero-order valence-corrected chi connectivity index (χ0v) is 7.80. The number of aromatic carboxylic acids is 1. The maximum atomic E-state index is 10.8. The first kappa shape index (κ1) is 9.80. The number of thioether (sulfide) groups is 1. The summed E-state index contributed by atoms with van der Waals surface area (Å²) in [6.45, 7) is 1.41. The van der Waals surface area contributed by atoms with E-state index in [4.69, 9.17) is 5.11 Å². The quantitative estimate of drug-likeness (QED) is 0.735. The minimum absolute atomic E-state index is 0.117. The van der Waals surface area contributed by atoms with Crippen LogP contribution in [-0.2, 0) is 4.79 Å². The summed E-state index contributed by atoms with van der Waals surface area (Å²) in [6.07, 6.45) is 0. The minimum atomic E-state index is -1.01. The molecular formula is C9H8O3S. The first-order valence-electron chi connectivity index (χ1n) is 3.62. The van der Waals surface area contributed by atoms with E-state index in [-0.39, 0.29) is 10.7 Å². The van der Waals surface area contributed by atoms with E-state index in [1.54, 1.807) is 18.2 Å². The molecule has 1 aromatic rings. The van der Waals surface area contributed by atoms with Gasteiger partial charge in [-0.25, -0.2) is 4.79 Å². The Morgan fingerprint density at radius 1 is 1.31 bits per heavy atom. The first-order chi connectivity index (χ1) is 6.11. The fraction of sp³-hybridized carbons (Fsp3) is 0.111. The zero-order chi connectivity index (χ0) is 9.84. The third-order valence-electron chi connectivity index (χ3n) is 1.37. The van der Waals surface area contributed by atoms with Crippen molar-refractivity contribution in [1.82, 2.24) is 0 Å². The van der Waals surface area contributed by atoms with Gasteiger partial charge in [-0.1, -0.05) is 23.9 Å². The van der Waals surface area contributed by atoms with Gasteiger partial charge >= 0.3 is 5.97 Å². The molecule has 0 radical (unpaired) electrons. The smallest absolute Gasteiger partial charge is 0.336 e. The highest BCUT2D eigenvalue weighted by molar-refractivity contribution is 8.13. The van der Waals surface area contributed by atoms with Crippen LogP contribution in [0.25, 0.3) is 0 Å². The number of hydrogen-bond acceptors (Lipinski definition) is 3. The van der Waals surface area contributed by atoms with Gasteiger partial charge in [0.1, 0.15) is 0 Å². The highest BCUT2D eigenvalue weighted by Gasteiger charge is 2.10. The van der Waals surface area contributed by atoms with E-state index in [0.717, 1.165) is 11.8 Å². The average molecular weight is 196 g/mol. The lowest BCUT2D eigenvalue weighted by Gasteiger charge is -2.01. The van der Waals surface area contributed by atoms with Gasteiger partial charge in [0, 0.05) is 11.8 Å². The van der Waals surface area contributed by atoms with E-state index in [0.29, 0.717) is 4.90 Å². The number of rotatable bonds is 2. The van der Waals surface area contributed by atoms with Crippen LogP contribution in [0.1, 0.15) is 17.3 Å². The summed E-state index contributed by atoms with van der Waals surface area (Å²) in [5, 5.41) is 8.64. The molecule has 0 aliphatic heterocycles. The Labute approximate surface area is 79.8 Å². The summed E-state index contributed by atoms with van der Waals surface area (Å²) in [6, 6.07) is 6.44. The standard InChI is InChI=1S/C9H8O3S/c1-6(10)13-8-5-3-2-4-7(8)9(11)12/h2-5H,1H3,(H,11,12). The number of hydrogen-bond donors (Lipinski definition) is 1. The molecule has 3 nitrogen and oxygen atoms in total. The molecule has 0 unspecified atom stereocenters. The summed E-state index contributed by atoms with van der Waals surface area (Å²) in [5.41, 5.74) is 0.169. The van der Waals surface area contributed by atoms with Crippen LogP contribution in [-0.4, -0.2) is 16.2 Å². The summed E-state index contributed by atoms with van der Waals surface area (Å²) < 4.78 is 0. The second kappa shape index (κ2) is 4.09. The van der Waals surface area contributed by atoms with Crippen LogP contribution in [0.4, 0.5) is 0 Å². The van der Waals surface area contributed by atoms with E-state index >= 15 is 0 Å². The predicted octanol–water partition coefficient (Wildman–Crippen LogP) is 2.02. The largest absolute Gasteiger partial charge is 0.478 e. The second-order valence-corrected chi connectivity index (χ2v) is 3.61. The molecular weight excluding hydrogens is 188 g/mol. The van der Waals surface area contributed by atoms with Gasteiger partial charge in [0.15, 0.2) is 5.12 Å². The van der Waals surface area contributed by atoms with Crippen molar-refractivity contribution in [3.63, 3.8) is 0 Å². The summed E-state index contributed by atoms with van der Waals surface area (Å²) in [4.78, 5) is 21.9. The van der Waals surface area contributed by atoms with Gasteiger partial charge in [0.05, 0.1) is 5.56 Å². The Morgan fingerprint density at radius 2 is 1.92 bits per heavy atom. The van der Waals surface area contributed by atoms with E-state index in [1.807, 2.05) is 0 Å². The molecule has 0 saturated carbocycles. The average Bonchev–Trinajstić information content (AvgIpc) is 2.03. The van der Waals surface area contributed by atoms with Crippen LogP contribution in [0, 0.1) is 0 Å². The van der Waals surface area contributed by atoms with Crippen LogP contribution in [0.15, 0.2) is 29.2 Å². The second-order valence-electron chi connectivity index (χ2n) is 2.39. The molecule has 0 fully saturated rings. The molecule has 0 aromatic heterocycles.